The SMILES string of the molecule is Cc1c(CC(=O)O)nc(C2CCCC2)n1C. The Morgan fingerprint density at radius 1 is 1.50 bits per heavy atom. The monoisotopic (exact) mass is 222 g/mol. The van der Waals surface area contributed by atoms with Gasteiger partial charge in [0.05, 0.1) is 12.1 Å². The van der Waals surface area contributed by atoms with Crippen LogP contribution in [0.4, 0.5) is 0 Å². The van der Waals surface area contributed by atoms with E-state index >= 15 is 0 Å². The maximum atomic E-state index is 10.7. The molecule has 4 heteroatoms. The van der Waals surface area contributed by atoms with Crippen LogP contribution in [-0.4, -0.2) is 20.6 Å². The fourth-order valence-electron chi connectivity index (χ4n) is 2.52. The van der Waals surface area contributed by atoms with Gasteiger partial charge in [-0.2, -0.15) is 0 Å². The second-order valence-corrected chi connectivity index (χ2v) is 4.61. The van der Waals surface area contributed by atoms with Crippen LogP contribution in [0.25, 0.3) is 0 Å². The Bertz CT molecular complexity index is 403. The Kier molecular flexibility index (Phi) is 2.99. The molecule has 4 nitrogen and oxygen atoms in total. The maximum absolute atomic E-state index is 10.7. The predicted molar refractivity (Wildman–Crippen MR) is 60.5 cm³/mol. The summed E-state index contributed by atoms with van der Waals surface area (Å²) >= 11 is 0. The van der Waals surface area contributed by atoms with Gasteiger partial charge in [-0.1, -0.05) is 12.8 Å². The highest BCUT2D eigenvalue weighted by Crippen LogP contribution is 2.34. The van der Waals surface area contributed by atoms with Gasteiger partial charge in [-0.3, -0.25) is 4.79 Å². The van der Waals surface area contributed by atoms with Gasteiger partial charge in [0.2, 0.25) is 0 Å². The van der Waals surface area contributed by atoms with Crippen LogP contribution in [0.1, 0.15) is 48.8 Å². The molecule has 1 saturated carbocycles. The van der Waals surface area contributed by atoms with E-state index in [0.717, 1.165) is 17.2 Å². The highest BCUT2D eigenvalue weighted by molar-refractivity contribution is 5.69. The van der Waals surface area contributed by atoms with Crippen molar-refractivity contribution < 1.29 is 9.90 Å². The third-order valence-electron chi connectivity index (χ3n) is 3.55. The minimum Gasteiger partial charge on any atom is -0.481 e. The Morgan fingerprint density at radius 3 is 2.69 bits per heavy atom. The molecule has 0 unspecified atom stereocenters. The van der Waals surface area contributed by atoms with Gasteiger partial charge >= 0.3 is 5.97 Å². The third-order valence-corrected chi connectivity index (χ3v) is 3.55. The second-order valence-electron chi connectivity index (χ2n) is 4.61. The van der Waals surface area contributed by atoms with E-state index in [-0.39, 0.29) is 6.42 Å². The Labute approximate surface area is 95.3 Å². The van der Waals surface area contributed by atoms with E-state index in [0.29, 0.717) is 5.92 Å². The zero-order chi connectivity index (χ0) is 11.7. The summed E-state index contributed by atoms with van der Waals surface area (Å²) in [5.74, 6) is 0.802. The molecule has 1 aliphatic rings. The molecular weight excluding hydrogens is 204 g/mol. The second kappa shape index (κ2) is 4.28. The lowest BCUT2D eigenvalue weighted by Crippen LogP contribution is -2.03. The first-order valence-electron chi connectivity index (χ1n) is 5.83. The highest BCUT2D eigenvalue weighted by atomic mass is 16.4. The first kappa shape index (κ1) is 11.2. The summed E-state index contributed by atoms with van der Waals surface area (Å²) in [5, 5.41) is 8.81. The number of hydrogen-bond acceptors (Lipinski definition) is 2. The number of carbonyl (C=O) groups is 1. The summed E-state index contributed by atoms with van der Waals surface area (Å²) in [7, 11) is 1.99. The lowest BCUT2D eigenvalue weighted by molar-refractivity contribution is -0.136. The molecule has 0 atom stereocenters. The van der Waals surface area contributed by atoms with Gasteiger partial charge in [0.25, 0.3) is 0 Å². The Balaban J connectivity index is 2.28. The smallest absolute Gasteiger partial charge is 0.309 e. The first-order valence-corrected chi connectivity index (χ1v) is 5.83. The molecule has 0 aromatic carbocycles. The van der Waals surface area contributed by atoms with Gasteiger partial charge in [0.1, 0.15) is 5.82 Å². The van der Waals surface area contributed by atoms with Gasteiger partial charge in [0, 0.05) is 18.7 Å². The fourth-order valence-corrected chi connectivity index (χ4v) is 2.52. The van der Waals surface area contributed by atoms with E-state index < -0.39 is 5.97 Å². The van der Waals surface area contributed by atoms with E-state index in [4.69, 9.17) is 5.11 Å². The number of hydrogen-bond donors (Lipinski definition) is 1. The molecule has 16 heavy (non-hydrogen) atoms. The number of nitrogens with zero attached hydrogens (tertiary/aromatic N) is 2. The molecule has 0 amide bonds. The zero-order valence-corrected chi connectivity index (χ0v) is 9.86. The molecular formula is C12H18N2O2. The lowest BCUT2D eigenvalue weighted by atomic mass is 10.1. The van der Waals surface area contributed by atoms with Crippen LogP contribution in [0, 0.1) is 6.92 Å². The predicted octanol–water partition coefficient (Wildman–Crippen LogP) is 2.01. The average molecular weight is 222 g/mol. The van der Waals surface area contributed by atoms with Crippen molar-refractivity contribution in [1.29, 1.82) is 0 Å². The summed E-state index contributed by atoms with van der Waals surface area (Å²) < 4.78 is 2.06. The number of aliphatic carboxylic acids is 1. The van der Waals surface area contributed by atoms with Crippen LogP contribution in [0.3, 0.4) is 0 Å². The molecule has 1 aromatic rings. The maximum Gasteiger partial charge on any atom is 0.309 e. The van der Waals surface area contributed by atoms with Crippen LogP contribution in [0.15, 0.2) is 0 Å². The van der Waals surface area contributed by atoms with Gasteiger partial charge < -0.3 is 9.67 Å². The number of imidazole rings is 1. The molecule has 0 aliphatic heterocycles. The number of carboxylic acid groups (broad SMARTS) is 1. The van der Waals surface area contributed by atoms with Crippen LogP contribution < -0.4 is 0 Å². The molecule has 0 radical (unpaired) electrons. The van der Waals surface area contributed by atoms with Gasteiger partial charge in [-0.25, -0.2) is 4.98 Å². The topological polar surface area (TPSA) is 55.1 Å². The molecule has 1 aromatic heterocycles. The molecule has 1 N–H and O–H groups in total. The van der Waals surface area contributed by atoms with E-state index in [1.54, 1.807) is 0 Å². The van der Waals surface area contributed by atoms with Gasteiger partial charge in [-0.05, 0) is 19.8 Å². The van der Waals surface area contributed by atoms with Crippen molar-refractivity contribution >= 4 is 5.97 Å². The normalized spacial score (nSPS) is 16.9. The average Bonchev–Trinajstić information content (AvgIpc) is 2.81. The highest BCUT2D eigenvalue weighted by Gasteiger charge is 2.23. The molecule has 2 rings (SSSR count). The van der Waals surface area contributed by atoms with Gasteiger partial charge in [0.15, 0.2) is 0 Å². The van der Waals surface area contributed by atoms with E-state index in [2.05, 4.69) is 9.55 Å². The van der Waals surface area contributed by atoms with Crippen LogP contribution in [0.2, 0.25) is 0 Å². The quantitative estimate of drug-likeness (QED) is 0.851. The van der Waals surface area contributed by atoms with Crippen molar-refractivity contribution in [2.24, 2.45) is 7.05 Å². The largest absolute Gasteiger partial charge is 0.481 e. The number of carboxylic acids is 1. The van der Waals surface area contributed by atoms with Crippen molar-refractivity contribution in [3.8, 4) is 0 Å². The molecule has 0 bridgehead atoms. The van der Waals surface area contributed by atoms with Crippen molar-refractivity contribution in [2.75, 3.05) is 0 Å². The van der Waals surface area contributed by atoms with Crippen molar-refractivity contribution in [2.45, 2.75) is 44.9 Å². The van der Waals surface area contributed by atoms with Crippen LogP contribution in [-0.2, 0) is 18.3 Å². The first-order chi connectivity index (χ1) is 7.59. The molecule has 0 saturated heterocycles. The molecule has 1 aliphatic carbocycles. The summed E-state index contributed by atoms with van der Waals surface area (Å²) in [6.07, 6.45) is 4.95. The van der Waals surface area contributed by atoms with E-state index in [1.807, 2.05) is 14.0 Å². The minimum atomic E-state index is -0.806. The fraction of sp³-hybridized carbons (Fsp3) is 0.667. The van der Waals surface area contributed by atoms with Gasteiger partial charge in [-0.15, -0.1) is 0 Å². The lowest BCUT2D eigenvalue weighted by Gasteiger charge is -2.08. The standard InChI is InChI=1S/C12H18N2O2/c1-8-10(7-11(15)16)13-12(14(8)2)9-5-3-4-6-9/h9H,3-7H2,1-2H3,(H,15,16). The minimum absolute atomic E-state index is 0.0341. The summed E-state index contributed by atoms with van der Waals surface area (Å²) in [6.45, 7) is 1.95. The van der Waals surface area contributed by atoms with E-state index in [1.165, 1.54) is 25.7 Å². The Hall–Kier alpha value is -1.32. The number of rotatable bonds is 3. The molecule has 0 spiro atoms. The molecule has 1 heterocycles. The van der Waals surface area contributed by atoms with Crippen molar-refractivity contribution in [3.05, 3.63) is 17.2 Å². The van der Waals surface area contributed by atoms with Crippen LogP contribution in [0.5, 0.6) is 0 Å². The Morgan fingerprint density at radius 2 is 2.12 bits per heavy atom. The number of aromatic nitrogens is 2. The molecule has 88 valence electrons. The summed E-state index contributed by atoms with van der Waals surface area (Å²) in [6, 6.07) is 0. The molecule has 1 fully saturated rings. The van der Waals surface area contributed by atoms with Crippen molar-refractivity contribution in [1.82, 2.24) is 9.55 Å². The van der Waals surface area contributed by atoms with E-state index in [9.17, 15) is 4.79 Å². The zero-order valence-electron chi connectivity index (χ0n) is 9.86. The van der Waals surface area contributed by atoms with Crippen molar-refractivity contribution in [3.63, 3.8) is 0 Å². The summed E-state index contributed by atoms with van der Waals surface area (Å²) in [5.41, 5.74) is 1.71. The summed E-state index contributed by atoms with van der Waals surface area (Å²) in [4.78, 5) is 15.2. The van der Waals surface area contributed by atoms with Crippen LogP contribution >= 0.6 is 0 Å². The third kappa shape index (κ3) is 1.96.